The summed E-state index contributed by atoms with van der Waals surface area (Å²) in [6.45, 7) is 2.24. The van der Waals surface area contributed by atoms with Crippen LogP contribution in [0.3, 0.4) is 0 Å². The van der Waals surface area contributed by atoms with Gasteiger partial charge in [-0.1, -0.05) is 51.1 Å². The molecule has 0 atom stereocenters. The van der Waals surface area contributed by atoms with E-state index < -0.39 is 0 Å². The zero-order chi connectivity index (χ0) is 10.2. The Labute approximate surface area is 92.5 Å². The number of thiol groups is 1. The Balaban J connectivity index is 2.29. The van der Waals surface area contributed by atoms with Gasteiger partial charge in [-0.2, -0.15) is 0 Å². The number of aryl methyl sites for hydroxylation is 1. The average Bonchev–Trinajstić information content (AvgIpc) is 2.25. The lowest BCUT2D eigenvalue weighted by atomic mass is 10.1. The molecule has 0 radical (unpaired) electrons. The normalized spacial score (nSPS) is 10.1. The maximum absolute atomic E-state index is 3.99. The van der Waals surface area contributed by atoms with Crippen molar-refractivity contribution < 1.29 is 0 Å². The van der Waals surface area contributed by atoms with Gasteiger partial charge in [-0.3, -0.25) is 0 Å². The second kappa shape index (κ2) is 6.77. The Kier molecular flexibility index (Phi) is 5.53. The van der Waals surface area contributed by atoms with Gasteiger partial charge in [-0.05, 0) is 30.5 Å². The molecule has 1 N–H and O–H groups in total. The van der Waals surface area contributed by atoms with Crippen molar-refractivity contribution in [1.29, 1.82) is 0 Å². The van der Waals surface area contributed by atoms with Gasteiger partial charge in [0.1, 0.15) is 0 Å². The second-order valence-electron chi connectivity index (χ2n) is 3.62. The summed E-state index contributed by atoms with van der Waals surface area (Å²) in [5.41, 5.74) is 2.49. The van der Waals surface area contributed by atoms with Crippen LogP contribution in [0.2, 0.25) is 0 Å². The Morgan fingerprint density at radius 3 is 2.36 bits per heavy atom. The minimum Gasteiger partial charge on any atom is -0.332 e. The Morgan fingerprint density at radius 2 is 1.79 bits per heavy atom. The lowest BCUT2D eigenvalue weighted by Gasteiger charge is -2.02. The third-order valence-electron chi connectivity index (χ3n) is 2.40. The summed E-state index contributed by atoms with van der Waals surface area (Å²) in [6, 6.07) is 8.49. The smallest absolute Gasteiger partial charge is 0.0438 e. The molecule has 1 rings (SSSR count). The maximum atomic E-state index is 3.99. The van der Waals surface area contributed by atoms with Crippen LogP contribution in [0.1, 0.15) is 38.2 Å². The molecule has 0 heterocycles. The van der Waals surface area contributed by atoms with Crippen LogP contribution < -0.4 is 4.72 Å². The van der Waals surface area contributed by atoms with Crippen LogP contribution in [-0.2, 0) is 6.42 Å². The topological polar surface area (TPSA) is 12.0 Å². The third-order valence-corrected chi connectivity index (χ3v) is 2.66. The molecule has 78 valence electrons. The van der Waals surface area contributed by atoms with Crippen molar-refractivity contribution in [2.24, 2.45) is 0 Å². The molecule has 0 spiro atoms. The van der Waals surface area contributed by atoms with Crippen molar-refractivity contribution >= 4 is 18.5 Å². The van der Waals surface area contributed by atoms with Gasteiger partial charge in [0.25, 0.3) is 0 Å². The molecular weight excluding hydrogens is 190 g/mol. The molecule has 0 aliphatic heterocycles. The van der Waals surface area contributed by atoms with Crippen molar-refractivity contribution in [3.05, 3.63) is 29.8 Å². The van der Waals surface area contributed by atoms with E-state index in [-0.39, 0.29) is 0 Å². The molecule has 14 heavy (non-hydrogen) atoms. The summed E-state index contributed by atoms with van der Waals surface area (Å²) >= 11 is 3.99. The largest absolute Gasteiger partial charge is 0.332 e. The SMILES string of the molecule is CCCCCCc1ccc(NS)cc1. The number of benzene rings is 1. The summed E-state index contributed by atoms with van der Waals surface area (Å²) in [7, 11) is 0. The molecule has 0 saturated heterocycles. The monoisotopic (exact) mass is 209 g/mol. The molecule has 1 nitrogen and oxygen atoms in total. The maximum Gasteiger partial charge on any atom is 0.0438 e. The zero-order valence-corrected chi connectivity index (χ0v) is 9.69. The highest BCUT2D eigenvalue weighted by atomic mass is 32.1. The summed E-state index contributed by atoms with van der Waals surface area (Å²) in [6.07, 6.45) is 6.52. The van der Waals surface area contributed by atoms with E-state index in [1.807, 2.05) is 0 Å². The van der Waals surface area contributed by atoms with E-state index in [1.54, 1.807) is 0 Å². The molecule has 0 aromatic heterocycles. The summed E-state index contributed by atoms with van der Waals surface area (Å²) < 4.78 is 2.83. The van der Waals surface area contributed by atoms with E-state index >= 15 is 0 Å². The molecule has 0 fully saturated rings. The van der Waals surface area contributed by atoms with E-state index in [0.29, 0.717) is 0 Å². The van der Waals surface area contributed by atoms with Gasteiger partial charge in [0, 0.05) is 5.69 Å². The van der Waals surface area contributed by atoms with E-state index in [2.05, 4.69) is 48.7 Å². The molecule has 0 unspecified atom stereocenters. The number of nitrogens with one attached hydrogen (secondary N) is 1. The van der Waals surface area contributed by atoms with Crippen LogP contribution in [0.15, 0.2) is 24.3 Å². The van der Waals surface area contributed by atoms with Crippen LogP contribution in [0.4, 0.5) is 5.69 Å². The molecule has 1 aromatic rings. The fraction of sp³-hybridized carbons (Fsp3) is 0.500. The molecule has 0 aliphatic carbocycles. The number of anilines is 1. The Bertz CT molecular complexity index is 243. The molecule has 0 aliphatic rings. The summed E-state index contributed by atoms with van der Waals surface area (Å²) in [5, 5.41) is 0. The van der Waals surface area contributed by atoms with Crippen LogP contribution >= 0.6 is 12.8 Å². The molecule has 0 saturated carbocycles. The minimum absolute atomic E-state index is 1.06. The van der Waals surface area contributed by atoms with Gasteiger partial charge in [0.15, 0.2) is 0 Å². The first kappa shape index (κ1) is 11.4. The van der Waals surface area contributed by atoms with Gasteiger partial charge in [-0.25, -0.2) is 0 Å². The number of rotatable bonds is 6. The standard InChI is InChI=1S/C12H19NS/c1-2-3-4-5-6-11-7-9-12(13-14)10-8-11/h7-10,13-14H,2-6H2,1H3. The molecule has 2 heteroatoms. The van der Waals surface area contributed by atoms with Crippen LogP contribution in [0.25, 0.3) is 0 Å². The van der Waals surface area contributed by atoms with Gasteiger partial charge in [0.2, 0.25) is 0 Å². The number of hydrogen-bond donors (Lipinski definition) is 2. The highest BCUT2D eigenvalue weighted by Crippen LogP contribution is 2.12. The van der Waals surface area contributed by atoms with Crippen LogP contribution in [0, 0.1) is 0 Å². The third kappa shape index (κ3) is 4.05. The predicted octanol–water partition coefficient (Wildman–Crippen LogP) is 4.07. The average molecular weight is 209 g/mol. The van der Waals surface area contributed by atoms with Crippen LogP contribution in [0.5, 0.6) is 0 Å². The first-order valence-electron chi connectivity index (χ1n) is 5.36. The second-order valence-corrected chi connectivity index (χ2v) is 3.84. The fourth-order valence-electron chi connectivity index (χ4n) is 1.50. The lowest BCUT2D eigenvalue weighted by Crippen LogP contribution is -1.86. The van der Waals surface area contributed by atoms with E-state index in [9.17, 15) is 0 Å². The quantitative estimate of drug-likeness (QED) is 0.531. The first-order valence-corrected chi connectivity index (χ1v) is 5.80. The summed E-state index contributed by atoms with van der Waals surface area (Å²) in [5.74, 6) is 0. The highest BCUT2D eigenvalue weighted by Gasteiger charge is 1.93. The molecule has 0 amide bonds. The van der Waals surface area contributed by atoms with Crippen molar-refractivity contribution in [3.63, 3.8) is 0 Å². The first-order chi connectivity index (χ1) is 6.86. The molecule has 1 aromatic carbocycles. The predicted molar refractivity (Wildman–Crippen MR) is 66.9 cm³/mol. The van der Waals surface area contributed by atoms with Crippen LogP contribution in [-0.4, -0.2) is 0 Å². The number of hydrogen-bond acceptors (Lipinski definition) is 2. The van der Waals surface area contributed by atoms with Gasteiger partial charge >= 0.3 is 0 Å². The highest BCUT2D eigenvalue weighted by molar-refractivity contribution is 7.81. The van der Waals surface area contributed by atoms with E-state index in [1.165, 1.54) is 37.7 Å². The van der Waals surface area contributed by atoms with Gasteiger partial charge in [-0.15, -0.1) is 0 Å². The minimum atomic E-state index is 1.06. The van der Waals surface area contributed by atoms with Crippen molar-refractivity contribution in [2.75, 3.05) is 4.72 Å². The van der Waals surface area contributed by atoms with E-state index in [0.717, 1.165) is 5.69 Å². The van der Waals surface area contributed by atoms with Crippen molar-refractivity contribution in [2.45, 2.75) is 39.0 Å². The Morgan fingerprint density at radius 1 is 1.07 bits per heavy atom. The molecular formula is C12H19NS. The summed E-state index contributed by atoms with van der Waals surface area (Å²) in [4.78, 5) is 0. The zero-order valence-electron chi connectivity index (χ0n) is 8.79. The molecule has 0 bridgehead atoms. The van der Waals surface area contributed by atoms with E-state index in [4.69, 9.17) is 0 Å². The van der Waals surface area contributed by atoms with Gasteiger partial charge < -0.3 is 4.72 Å². The van der Waals surface area contributed by atoms with Crippen molar-refractivity contribution in [3.8, 4) is 0 Å². The van der Waals surface area contributed by atoms with Crippen molar-refractivity contribution in [1.82, 2.24) is 0 Å². The number of unbranched alkanes of at least 4 members (excludes halogenated alkanes) is 3. The van der Waals surface area contributed by atoms with Gasteiger partial charge in [0.05, 0.1) is 0 Å². The fourth-order valence-corrected chi connectivity index (χ4v) is 1.65. The lowest BCUT2D eigenvalue weighted by molar-refractivity contribution is 0.667. The Hall–Kier alpha value is -0.630.